The van der Waals surface area contributed by atoms with Gasteiger partial charge in [-0.15, -0.1) is 0 Å². The summed E-state index contributed by atoms with van der Waals surface area (Å²) in [6.07, 6.45) is 7.99. The van der Waals surface area contributed by atoms with Gasteiger partial charge >= 0.3 is 5.97 Å². The second kappa shape index (κ2) is 12.2. The molecule has 0 aromatic rings. The van der Waals surface area contributed by atoms with Crippen LogP contribution in [0.3, 0.4) is 0 Å². The van der Waals surface area contributed by atoms with Gasteiger partial charge in [0.15, 0.2) is 11.6 Å². The highest BCUT2D eigenvalue weighted by molar-refractivity contribution is 5.99. The predicted molar refractivity (Wildman–Crippen MR) is 152 cm³/mol. The van der Waals surface area contributed by atoms with Gasteiger partial charge in [0.2, 0.25) is 0 Å². The molecule has 2 aliphatic rings. The van der Waals surface area contributed by atoms with E-state index in [4.69, 9.17) is 4.74 Å². The smallest absolute Gasteiger partial charge is 0.303 e. The average molecular weight is 547 g/mol. The third kappa shape index (κ3) is 7.77. The topological polar surface area (TPSA) is 121 Å². The first-order valence-electron chi connectivity index (χ1n) is 14.1. The summed E-state index contributed by atoms with van der Waals surface area (Å²) in [5.41, 5.74) is -1.75. The molecule has 0 heterocycles. The first-order valence-corrected chi connectivity index (χ1v) is 14.1. The first kappa shape index (κ1) is 33.1. The van der Waals surface area contributed by atoms with E-state index in [1.165, 1.54) is 25.2 Å². The minimum absolute atomic E-state index is 0.00409. The van der Waals surface area contributed by atoms with Crippen molar-refractivity contribution in [3.63, 3.8) is 0 Å². The molecule has 0 aromatic carbocycles. The largest absolute Gasteiger partial charge is 0.459 e. The number of ether oxygens (including phenoxy) is 1. The van der Waals surface area contributed by atoms with Crippen LogP contribution in [0.25, 0.3) is 0 Å². The van der Waals surface area contributed by atoms with Crippen LogP contribution in [0.5, 0.6) is 0 Å². The zero-order valence-electron chi connectivity index (χ0n) is 25.3. The van der Waals surface area contributed by atoms with Gasteiger partial charge < -0.3 is 20.1 Å². The number of hydrogen-bond acceptors (Lipinski definition) is 7. The lowest BCUT2D eigenvalue weighted by atomic mass is 9.58. The van der Waals surface area contributed by atoms with Crippen LogP contribution in [0.15, 0.2) is 35.5 Å². The van der Waals surface area contributed by atoms with Gasteiger partial charge in [-0.05, 0) is 89.0 Å². The molecule has 2 aliphatic carbocycles. The molecule has 3 N–H and O–H groups in total. The maximum Gasteiger partial charge on any atom is 0.303 e. The van der Waals surface area contributed by atoms with Crippen molar-refractivity contribution in [2.75, 3.05) is 0 Å². The quantitative estimate of drug-likeness (QED) is 0.200. The molecule has 0 spiro atoms. The number of aliphatic hydroxyl groups is 3. The molecule has 0 radical (unpaired) electrons. The zero-order valence-corrected chi connectivity index (χ0v) is 25.3. The second-order valence-corrected chi connectivity index (χ2v) is 13.4. The molecular formula is C32H50O7. The van der Waals surface area contributed by atoms with Crippen LogP contribution in [0.4, 0.5) is 0 Å². The van der Waals surface area contributed by atoms with Crippen LogP contribution < -0.4 is 0 Å². The Morgan fingerprint density at radius 3 is 2.31 bits per heavy atom. The lowest BCUT2D eigenvalue weighted by Crippen LogP contribution is -2.55. The SMILES string of the molecule is CC(=O)O[C@@]1(C)CC[C@H](O)C(C)(C)[C@@H]1CCC(C)=CC[C@@H](O)C=C(C)C(=O)C[C@H]1C(C)(C)C(=O)C=C[C@]1(C)O. The van der Waals surface area contributed by atoms with E-state index in [1.807, 2.05) is 33.8 Å². The van der Waals surface area contributed by atoms with Gasteiger partial charge in [-0.25, -0.2) is 0 Å². The molecular weight excluding hydrogens is 496 g/mol. The van der Waals surface area contributed by atoms with E-state index in [2.05, 4.69) is 0 Å². The zero-order chi connectivity index (χ0) is 30.0. The molecule has 6 atom stereocenters. The third-order valence-corrected chi connectivity index (χ3v) is 9.38. The number of ketones is 2. The number of allylic oxidation sites excluding steroid dienone is 3. The van der Waals surface area contributed by atoms with Crippen molar-refractivity contribution in [2.24, 2.45) is 22.7 Å². The van der Waals surface area contributed by atoms with E-state index in [1.54, 1.807) is 27.7 Å². The Labute approximate surface area is 234 Å². The normalized spacial score (nSPS) is 33.5. The summed E-state index contributed by atoms with van der Waals surface area (Å²) in [6.45, 7) is 16.2. The average Bonchev–Trinajstić information content (AvgIpc) is 2.80. The number of Topliss-reactive ketones (excluding diaryl/α,β-unsaturated/α-hetero) is 1. The van der Waals surface area contributed by atoms with Crippen molar-refractivity contribution in [2.45, 2.75) is 124 Å². The molecule has 39 heavy (non-hydrogen) atoms. The number of carbonyl (C=O) groups excluding carboxylic acids is 3. The van der Waals surface area contributed by atoms with E-state index in [0.717, 1.165) is 18.4 Å². The van der Waals surface area contributed by atoms with Crippen molar-refractivity contribution >= 4 is 17.5 Å². The minimum Gasteiger partial charge on any atom is -0.459 e. The highest BCUT2D eigenvalue weighted by Crippen LogP contribution is 2.50. The molecule has 220 valence electrons. The Kier molecular flexibility index (Phi) is 10.4. The maximum absolute atomic E-state index is 13.0. The molecule has 0 saturated heterocycles. The Bertz CT molecular complexity index is 1030. The summed E-state index contributed by atoms with van der Waals surface area (Å²) >= 11 is 0. The molecule has 0 unspecified atom stereocenters. The first-order chi connectivity index (χ1) is 17.7. The van der Waals surface area contributed by atoms with Crippen LogP contribution >= 0.6 is 0 Å². The third-order valence-electron chi connectivity index (χ3n) is 9.38. The molecule has 1 saturated carbocycles. The summed E-state index contributed by atoms with van der Waals surface area (Å²) < 4.78 is 5.77. The maximum atomic E-state index is 13.0. The summed E-state index contributed by atoms with van der Waals surface area (Å²) in [6, 6.07) is 0. The van der Waals surface area contributed by atoms with Crippen molar-refractivity contribution in [3.8, 4) is 0 Å². The number of aliphatic hydroxyl groups excluding tert-OH is 2. The van der Waals surface area contributed by atoms with Crippen molar-refractivity contribution in [1.82, 2.24) is 0 Å². The molecule has 0 aliphatic heterocycles. The lowest BCUT2D eigenvalue weighted by Gasteiger charge is -2.52. The van der Waals surface area contributed by atoms with E-state index >= 15 is 0 Å². The summed E-state index contributed by atoms with van der Waals surface area (Å²) in [4.78, 5) is 37.2. The molecule has 2 rings (SSSR count). The van der Waals surface area contributed by atoms with Gasteiger partial charge in [0.25, 0.3) is 0 Å². The summed E-state index contributed by atoms with van der Waals surface area (Å²) in [5, 5.41) is 32.1. The molecule has 0 amide bonds. The number of rotatable bonds is 10. The highest BCUT2D eigenvalue weighted by Gasteiger charge is 2.52. The molecule has 0 aromatic heterocycles. The standard InChI is InChI=1S/C32H50O7/c1-20(11-13-25-29(4,5)28(37)15-17-32(25,9)39-22(3)33)10-12-23(34)18-21(2)24(35)19-26-30(6,7)27(36)14-16-31(26,8)38/h10,14,16,18,23,25-26,28,34,37-38H,11-13,15,17,19H2,1-9H3/t23-,25+,26+,28+,31+,32+/m1/s1. The van der Waals surface area contributed by atoms with Gasteiger partial charge in [-0.3, -0.25) is 14.4 Å². The van der Waals surface area contributed by atoms with Gasteiger partial charge in [-0.2, -0.15) is 0 Å². The van der Waals surface area contributed by atoms with Gasteiger partial charge in [0.05, 0.1) is 17.8 Å². The Morgan fingerprint density at radius 1 is 1.10 bits per heavy atom. The van der Waals surface area contributed by atoms with E-state index < -0.39 is 40.2 Å². The van der Waals surface area contributed by atoms with Crippen LogP contribution in [0.2, 0.25) is 0 Å². The van der Waals surface area contributed by atoms with Crippen molar-refractivity contribution < 1.29 is 34.4 Å². The Hall–Kier alpha value is -2.09. The fourth-order valence-corrected chi connectivity index (χ4v) is 6.65. The summed E-state index contributed by atoms with van der Waals surface area (Å²) in [5.74, 6) is -1.25. The van der Waals surface area contributed by atoms with Crippen LogP contribution in [-0.4, -0.2) is 56.3 Å². The summed E-state index contributed by atoms with van der Waals surface area (Å²) in [7, 11) is 0. The Morgan fingerprint density at radius 2 is 1.72 bits per heavy atom. The van der Waals surface area contributed by atoms with Gasteiger partial charge in [0, 0.05) is 30.6 Å². The molecule has 0 bridgehead atoms. The van der Waals surface area contributed by atoms with Crippen molar-refractivity contribution in [1.29, 1.82) is 0 Å². The van der Waals surface area contributed by atoms with Crippen LogP contribution in [0, 0.1) is 22.7 Å². The number of esters is 1. The van der Waals surface area contributed by atoms with E-state index in [9.17, 15) is 29.7 Å². The number of carbonyl (C=O) groups is 3. The van der Waals surface area contributed by atoms with Crippen LogP contribution in [-0.2, 0) is 19.1 Å². The fourth-order valence-electron chi connectivity index (χ4n) is 6.65. The monoisotopic (exact) mass is 546 g/mol. The van der Waals surface area contributed by atoms with Crippen molar-refractivity contribution in [3.05, 3.63) is 35.5 Å². The van der Waals surface area contributed by atoms with Gasteiger partial charge in [0.1, 0.15) is 5.60 Å². The lowest BCUT2D eigenvalue weighted by molar-refractivity contribution is -0.188. The van der Waals surface area contributed by atoms with Gasteiger partial charge in [-0.1, -0.05) is 39.3 Å². The highest BCUT2D eigenvalue weighted by atomic mass is 16.6. The molecule has 1 fully saturated rings. The minimum atomic E-state index is -1.28. The molecule has 7 nitrogen and oxygen atoms in total. The predicted octanol–water partition coefficient (Wildman–Crippen LogP) is 5.02. The molecule has 7 heteroatoms. The Balaban J connectivity index is 2.03. The van der Waals surface area contributed by atoms with Crippen LogP contribution in [0.1, 0.15) is 101 Å². The second-order valence-electron chi connectivity index (χ2n) is 13.4. The van der Waals surface area contributed by atoms with E-state index in [0.29, 0.717) is 24.8 Å². The number of hydrogen-bond donors (Lipinski definition) is 3. The van der Waals surface area contributed by atoms with E-state index in [-0.39, 0.29) is 29.9 Å². The fraction of sp³-hybridized carbons (Fsp3) is 0.719.